The molecule has 256 valence electrons. The van der Waals surface area contributed by atoms with Gasteiger partial charge in [-0.15, -0.1) is 0 Å². The molecule has 0 spiro atoms. The van der Waals surface area contributed by atoms with E-state index in [4.69, 9.17) is 0 Å². The normalized spacial score (nSPS) is 12.3. The maximum atomic E-state index is 13.7. The van der Waals surface area contributed by atoms with Crippen LogP contribution in [0, 0.1) is 0 Å². The van der Waals surface area contributed by atoms with Gasteiger partial charge in [-0.25, -0.2) is 9.78 Å². The molecule has 2 atom stereocenters. The molecular weight excluding hydrogens is 641 g/mol. The molecule has 0 aliphatic rings. The molecule has 2 amide bonds. The van der Waals surface area contributed by atoms with Gasteiger partial charge < -0.3 is 25.8 Å². The largest absolute Gasteiger partial charge is 0.508 e. The van der Waals surface area contributed by atoms with Gasteiger partial charge in [-0.1, -0.05) is 72.8 Å². The van der Waals surface area contributed by atoms with Crippen molar-refractivity contribution in [3.8, 4) is 16.9 Å². The summed E-state index contributed by atoms with van der Waals surface area (Å²) in [7, 11) is 0. The van der Waals surface area contributed by atoms with Crippen molar-refractivity contribution in [2.75, 3.05) is 11.9 Å². The van der Waals surface area contributed by atoms with Gasteiger partial charge in [-0.05, 0) is 59.4 Å². The lowest BCUT2D eigenvalue weighted by Gasteiger charge is -2.24. The number of pyridine rings is 1. The number of carbonyl (C=O) groups is 4. The molecule has 0 bridgehead atoms. The number of aromatic hydroxyl groups is 1. The first-order valence-corrected chi connectivity index (χ1v) is 15.5. The molecule has 3 aromatic carbocycles. The number of phenols is 1. The molecule has 1 heterocycles. The van der Waals surface area contributed by atoms with E-state index in [0.717, 1.165) is 11.1 Å². The van der Waals surface area contributed by atoms with Gasteiger partial charge in [-0.2, -0.15) is 13.2 Å². The molecule has 0 aliphatic heterocycles. The zero-order valence-electron chi connectivity index (χ0n) is 26.3. The lowest BCUT2D eigenvalue weighted by molar-refractivity contribution is -0.202. The molecule has 10 nitrogen and oxygen atoms in total. The van der Waals surface area contributed by atoms with Crippen molar-refractivity contribution < 1.29 is 42.2 Å². The van der Waals surface area contributed by atoms with Crippen LogP contribution in [0.25, 0.3) is 11.1 Å². The Kier molecular flexibility index (Phi) is 12.9. The maximum Gasteiger partial charge on any atom is 0.491 e. The molecule has 49 heavy (non-hydrogen) atoms. The Morgan fingerprint density at radius 2 is 1.47 bits per heavy atom. The molecule has 1 aromatic heterocycles. The van der Waals surface area contributed by atoms with Gasteiger partial charge in [0.25, 0.3) is 0 Å². The van der Waals surface area contributed by atoms with Gasteiger partial charge in [0.2, 0.25) is 11.8 Å². The second kappa shape index (κ2) is 17.4. The van der Waals surface area contributed by atoms with Crippen LogP contribution in [0.2, 0.25) is 0 Å². The number of alkyl halides is 3. The van der Waals surface area contributed by atoms with Gasteiger partial charge in [0.1, 0.15) is 17.6 Å². The van der Waals surface area contributed by atoms with Crippen molar-refractivity contribution >= 4 is 29.6 Å². The van der Waals surface area contributed by atoms with Crippen molar-refractivity contribution in [1.82, 2.24) is 15.6 Å². The van der Waals surface area contributed by atoms with Crippen molar-refractivity contribution in [3.05, 3.63) is 114 Å². The second-order valence-corrected chi connectivity index (χ2v) is 11.1. The molecule has 0 saturated heterocycles. The number of aromatic nitrogens is 1. The number of rotatable bonds is 15. The molecule has 4 rings (SSSR count). The fourth-order valence-corrected chi connectivity index (χ4v) is 4.87. The zero-order chi connectivity index (χ0) is 35.2. The van der Waals surface area contributed by atoms with Crippen LogP contribution in [-0.2, 0) is 30.3 Å². The minimum atomic E-state index is -5.39. The van der Waals surface area contributed by atoms with E-state index in [0.29, 0.717) is 36.3 Å². The highest BCUT2D eigenvalue weighted by atomic mass is 19.4. The first kappa shape index (κ1) is 36.1. The Balaban J connectivity index is 1.48. The van der Waals surface area contributed by atoms with Gasteiger partial charge in [-0.3, -0.25) is 14.4 Å². The number of benzene rings is 3. The predicted molar refractivity (Wildman–Crippen MR) is 175 cm³/mol. The SMILES string of the molecule is O=C(CCCCNc1ccccn1)N[C@@H](Cc1ccc(O)cc1)C(=O)NC(CC(=O)OC(=O)C(F)(F)F)c1ccc(-c2ccccc2)cc1. The Morgan fingerprint density at radius 1 is 0.796 bits per heavy atom. The number of phenolic OH excluding ortho intramolecular Hbond substituents is 1. The molecule has 0 aliphatic carbocycles. The molecule has 1 unspecified atom stereocenters. The van der Waals surface area contributed by atoms with Crippen molar-refractivity contribution in [2.24, 2.45) is 0 Å². The van der Waals surface area contributed by atoms with E-state index in [1.165, 1.54) is 12.1 Å². The van der Waals surface area contributed by atoms with Crippen LogP contribution in [-0.4, -0.2) is 52.6 Å². The second-order valence-electron chi connectivity index (χ2n) is 11.1. The maximum absolute atomic E-state index is 13.7. The highest BCUT2D eigenvalue weighted by Crippen LogP contribution is 2.25. The van der Waals surface area contributed by atoms with E-state index >= 15 is 0 Å². The summed E-state index contributed by atoms with van der Waals surface area (Å²) in [5.41, 5.74) is 2.63. The number of hydrogen-bond acceptors (Lipinski definition) is 8. The van der Waals surface area contributed by atoms with E-state index < -0.39 is 48.4 Å². The van der Waals surface area contributed by atoms with Gasteiger partial charge >= 0.3 is 18.1 Å². The number of anilines is 1. The molecule has 4 aromatic rings. The molecule has 0 saturated carbocycles. The summed E-state index contributed by atoms with van der Waals surface area (Å²) in [5, 5.41) is 18.2. The summed E-state index contributed by atoms with van der Waals surface area (Å²) >= 11 is 0. The van der Waals surface area contributed by atoms with Crippen LogP contribution in [0.5, 0.6) is 5.75 Å². The first-order chi connectivity index (χ1) is 23.5. The summed E-state index contributed by atoms with van der Waals surface area (Å²) in [6.45, 7) is 0.569. The number of nitrogens with one attached hydrogen (secondary N) is 3. The average Bonchev–Trinajstić information content (AvgIpc) is 3.09. The molecular formula is C36H35F3N4O6. The number of nitrogens with zero attached hydrogens (tertiary/aromatic N) is 1. The highest BCUT2D eigenvalue weighted by molar-refractivity contribution is 5.90. The third-order valence-electron chi connectivity index (χ3n) is 7.37. The Morgan fingerprint density at radius 3 is 2.12 bits per heavy atom. The van der Waals surface area contributed by atoms with Crippen molar-refractivity contribution in [1.29, 1.82) is 0 Å². The van der Waals surface area contributed by atoms with Crippen LogP contribution in [0.4, 0.5) is 19.0 Å². The topological polar surface area (TPSA) is 147 Å². The fraction of sp³-hybridized carbons (Fsp3) is 0.250. The number of unbranched alkanes of at least 4 members (excludes halogenated alkanes) is 1. The number of ether oxygens (including phenoxy) is 1. The Labute approximate surface area is 280 Å². The molecule has 0 radical (unpaired) electrons. The van der Waals surface area contributed by atoms with E-state index in [1.807, 2.05) is 42.5 Å². The van der Waals surface area contributed by atoms with Gasteiger partial charge in [0.05, 0.1) is 12.5 Å². The summed E-state index contributed by atoms with van der Waals surface area (Å²) in [5.74, 6) is -4.62. The van der Waals surface area contributed by atoms with Crippen LogP contribution in [0.3, 0.4) is 0 Å². The van der Waals surface area contributed by atoms with E-state index in [9.17, 15) is 37.5 Å². The number of carbonyl (C=O) groups excluding carboxylic acids is 4. The lowest BCUT2D eigenvalue weighted by atomic mass is 9.98. The lowest BCUT2D eigenvalue weighted by Crippen LogP contribution is -2.49. The van der Waals surface area contributed by atoms with Gasteiger partial charge in [0, 0.05) is 25.6 Å². The monoisotopic (exact) mass is 676 g/mol. The number of esters is 2. The van der Waals surface area contributed by atoms with Crippen LogP contribution < -0.4 is 16.0 Å². The van der Waals surface area contributed by atoms with E-state index in [-0.39, 0.29) is 18.6 Å². The summed E-state index contributed by atoms with van der Waals surface area (Å²) in [6, 6.07) is 25.0. The minimum absolute atomic E-state index is 0.000899. The van der Waals surface area contributed by atoms with Crippen LogP contribution >= 0.6 is 0 Å². The smallest absolute Gasteiger partial charge is 0.491 e. The Hall–Kier alpha value is -5.72. The quantitative estimate of drug-likeness (QED) is 0.0719. The number of halogens is 3. The standard InChI is InChI=1S/C36H35F3N4O6/c37-36(38,39)35(48)49-33(46)23-29(27-16-14-26(15-17-27)25-8-2-1-3-9-25)43-34(47)30(22-24-12-18-28(44)19-13-24)42-32(45)11-5-7-21-41-31-10-4-6-20-40-31/h1-4,6,8-10,12-20,29-30,44H,5,7,11,21-23H2,(H,40,41)(H,42,45)(H,43,47)/t29?,30-/m0/s1. The highest BCUT2D eigenvalue weighted by Gasteiger charge is 2.42. The summed E-state index contributed by atoms with van der Waals surface area (Å²) < 4.78 is 42.4. The summed E-state index contributed by atoms with van der Waals surface area (Å²) in [4.78, 5) is 54.7. The molecule has 4 N–H and O–H groups in total. The molecule has 0 fully saturated rings. The van der Waals surface area contributed by atoms with Crippen molar-refractivity contribution in [2.45, 2.75) is 50.4 Å². The van der Waals surface area contributed by atoms with Crippen LogP contribution in [0.1, 0.15) is 42.9 Å². The number of amides is 2. The van der Waals surface area contributed by atoms with Gasteiger partial charge in [0.15, 0.2) is 0 Å². The van der Waals surface area contributed by atoms with Crippen LogP contribution in [0.15, 0.2) is 103 Å². The number of hydrogen-bond donors (Lipinski definition) is 4. The van der Waals surface area contributed by atoms with E-state index in [1.54, 1.807) is 48.7 Å². The third-order valence-corrected chi connectivity index (χ3v) is 7.37. The fourth-order valence-electron chi connectivity index (χ4n) is 4.87. The zero-order valence-corrected chi connectivity index (χ0v) is 26.3. The average molecular weight is 677 g/mol. The predicted octanol–water partition coefficient (Wildman–Crippen LogP) is 5.64. The summed E-state index contributed by atoms with van der Waals surface area (Å²) in [6.07, 6.45) is -3.31. The Bertz CT molecular complexity index is 1690. The first-order valence-electron chi connectivity index (χ1n) is 15.5. The molecule has 13 heteroatoms. The van der Waals surface area contributed by atoms with E-state index in [2.05, 4.69) is 25.7 Å². The van der Waals surface area contributed by atoms with Crippen molar-refractivity contribution in [3.63, 3.8) is 0 Å². The third kappa shape index (κ3) is 11.8. The minimum Gasteiger partial charge on any atom is -0.508 e.